The first-order valence-corrected chi connectivity index (χ1v) is 16.5. The van der Waals surface area contributed by atoms with Gasteiger partial charge in [-0.1, -0.05) is 62.2 Å². The van der Waals surface area contributed by atoms with Gasteiger partial charge in [0, 0.05) is 24.9 Å². The Hall–Kier alpha value is -2.38. The summed E-state index contributed by atoms with van der Waals surface area (Å²) in [6.07, 6.45) is 8.40. The number of piperidine rings is 2. The monoisotopic (exact) mass is 575 g/mol. The molecule has 228 valence electrons. The molecule has 0 aromatic heterocycles. The zero-order chi connectivity index (χ0) is 29.4. The van der Waals surface area contributed by atoms with E-state index >= 15 is 0 Å². The molecule has 3 saturated heterocycles. The predicted octanol–water partition coefficient (Wildman–Crippen LogP) is 5.93. The summed E-state index contributed by atoms with van der Waals surface area (Å²) >= 11 is 0. The van der Waals surface area contributed by atoms with Gasteiger partial charge in [0.25, 0.3) is 0 Å². The molecular formula is C35H49N3O4. The number of ether oxygens (including phenoxy) is 2. The summed E-state index contributed by atoms with van der Waals surface area (Å²) in [6.45, 7) is 10.0. The maximum absolute atomic E-state index is 13.6. The first-order chi connectivity index (χ1) is 20.0. The number of carbonyl (C=O) groups excluding carboxylic acids is 2. The molecule has 3 aliphatic carbocycles. The number of hydrogen-bond acceptors (Lipinski definition) is 5. The van der Waals surface area contributed by atoms with Crippen LogP contribution in [0.1, 0.15) is 91.0 Å². The van der Waals surface area contributed by atoms with Gasteiger partial charge in [-0.15, -0.1) is 0 Å². The van der Waals surface area contributed by atoms with Crippen LogP contribution in [0.4, 0.5) is 4.79 Å². The molecule has 7 nitrogen and oxygen atoms in total. The third-order valence-corrected chi connectivity index (χ3v) is 12.9. The Kier molecular flexibility index (Phi) is 6.82. The fourth-order valence-electron chi connectivity index (χ4n) is 10.6. The number of nitrogens with one attached hydrogen (secondary N) is 1. The zero-order valence-electron chi connectivity index (χ0n) is 25.9. The maximum Gasteiger partial charge on any atom is 0.411 e. The van der Waals surface area contributed by atoms with Gasteiger partial charge in [-0.2, -0.15) is 0 Å². The Labute approximate surface area is 250 Å². The van der Waals surface area contributed by atoms with Crippen LogP contribution in [-0.2, 0) is 20.9 Å². The fourth-order valence-corrected chi connectivity index (χ4v) is 10.6. The fraction of sp³-hybridized carbons (Fsp3) is 0.714. The second-order valence-corrected chi connectivity index (χ2v) is 15.1. The van der Waals surface area contributed by atoms with Crippen LogP contribution < -0.4 is 11.1 Å². The molecule has 2 amide bonds. The van der Waals surface area contributed by atoms with Crippen LogP contribution in [0.25, 0.3) is 0 Å². The second kappa shape index (κ2) is 10.1. The highest BCUT2D eigenvalue weighted by Gasteiger charge is 2.66. The minimum atomic E-state index is -0.890. The Morgan fingerprint density at radius 1 is 1.17 bits per heavy atom. The van der Waals surface area contributed by atoms with E-state index in [2.05, 4.69) is 33.0 Å². The van der Waals surface area contributed by atoms with Crippen molar-refractivity contribution in [1.82, 2.24) is 10.2 Å². The minimum absolute atomic E-state index is 0.0150. The van der Waals surface area contributed by atoms with Crippen LogP contribution in [0, 0.1) is 35.0 Å². The average molecular weight is 576 g/mol. The van der Waals surface area contributed by atoms with Crippen molar-refractivity contribution < 1.29 is 19.1 Å². The van der Waals surface area contributed by atoms with E-state index in [4.69, 9.17) is 15.2 Å². The Morgan fingerprint density at radius 3 is 2.74 bits per heavy atom. The Morgan fingerprint density at radius 2 is 1.95 bits per heavy atom. The number of benzene rings is 1. The molecule has 3 aliphatic heterocycles. The van der Waals surface area contributed by atoms with Crippen molar-refractivity contribution >= 4 is 12.0 Å². The average Bonchev–Trinajstić information content (AvgIpc) is 3.40. The van der Waals surface area contributed by atoms with Crippen molar-refractivity contribution in [3.05, 3.63) is 47.0 Å². The number of nitrogens with zero attached hydrogens (tertiary/aromatic N) is 1. The molecule has 7 heteroatoms. The van der Waals surface area contributed by atoms with Crippen molar-refractivity contribution in [2.45, 2.75) is 115 Å². The highest BCUT2D eigenvalue weighted by molar-refractivity contribution is 5.77. The van der Waals surface area contributed by atoms with Crippen LogP contribution in [0.2, 0.25) is 0 Å². The van der Waals surface area contributed by atoms with Gasteiger partial charge in [-0.25, -0.2) is 4.79 Å². The van der Waals surface area contributed by atoms with E-state index in [1.165, 1.54) is 12.0 Å². The van der Waals surface area contributed by atoms with Gasteiger partial charge in [0.05, 0.1) is 11.7 Å². The van der Waals surface area contributed by atoms with Crippen molar-refractivity contribution in [1.29, 1.82) is 0 Å². The van der Waals surface area contributed by atoms with Gasteiger partial charge in [-0.05, 0) is 92.9 Å². The van der Waals surface area contributed by atoms with Crippen LogP contribution in [0.15, 0.2) is 41.5 Å². The third kappa shape index (κ3) is 4.20. The van der Waals surface area contributed by atoms with Gasteiger partial charge in [-0.3, -0.25) is 9.69 Å². The standard InChI is InChI=1S/C35H49N3O4/c1-21-16-30-35(36,38(19-21)32(40)41-20-24-8-6-5-7-9-24)23(3)34(42-30)15-12-25-26-10-11-29-33(4,14-13-31(39)37-29)28(26)17-27(25)22(2)18-34/h5-9,21,23,25-26,28-30H,10-20,36H2,1-4H3,(H,37,39)/t21-,23-,25-,26-,28-,29-,30+,33+,34-,35-/m0/s1. The Bertz CT molecular complexity index is 1280. The highest BCUT2D eigenvalue weighted by atomic mass is 16.6. The van der Waals surface area contributed by atoms with Crippen molar-refractivity contribution in [2.24, 2.45) is 40.7 Å². The number of carbonyl (C=O) groups is 2. The molecule has 1 aromatic rings. The smallest absolute Gasteiger partial charge is 0.411 e. The van der Waals surface area contributed by atoms with Gasteiger partial charge in [0.1, 0.15) is 12.3 Å². The lowest BCUT2D eigenvalue weighted by atomic mass is 9.57. The van der Waals surface area contributed by atoms with Crippen molar-refractivity contribution in [3.8, 4) is 0 Å². The summed E-state index contributed by atoms with van der Waals surface area (Å²) in [5.41, 5.74) is 10.4. The topological polar surface area (TPSA) is 93.9 Å². The van der Waals surface area contributed by atoms with Gasteiger partial charge < -0.3 is 20.5 Å². The van der Waals surface area contributed by atoms with Crippen molar-refractivity contribution in [3.63, 3.8) is 0 Å². The molecule has 0 bridgehead atoms. The van der Waals surface area contributed by atoms with Crippen LogP contribution >= 0.6 is 0 Å². The van der Waals surface area contributed by atoms with Crippen LogP contribution in [0.5, 0.6) is 0 Å². The molecule has 0 unspecified atom stereocenters. The molecule has 2 saturated carbocycles. The molecule has 0 radical (unpaired) electrons. The summed E-state index contributed by atoms with van der Waals surface area (Å²) in [5.74, 6) is 2.41. The molecule has 42 heavy (non-hydrogen) atoms. The van der Waals surface area contributed by atoms with Gasteiger partial charge >= 0.3 is 6.09 Å². The number of fused-ring (bicyclic) bond motifs is 6. The van der Waals surface area contributed by atoms with E-state index < -0.39 is 5.66 Å². The van der Waals surface area contributed by atoms with E-state index in [0.717, 1.165) is 50.5 Å². The zero-order valence-corrected chi connectivity index (χ0v) is 25.9. The minimum Gasteiger partial charge on any atom is -0.444 e. The molecule has 6 aliphatic rings. The lowest BCUT2D eigenvalue weighted by molar-refractivity contribution is -0.130. The quantitative estimate of drug-likeness (QED) is 0.427. The summed E-state index contributed by atoms with van der Waals surface area (Å²) in [5, 5.41) is 3.36. The molecule has 1 spiro atoms. The molecule has 10 atom stereocenters. The second-order valence-electron chi connectivity index (χ2n) is 15.1. The predicted molar refractivity (Wildman–Crippen MR) is 161 cm³/mol. The number of allylic oxidation sites excluding steroid dienone is 1. The van der Waals surface area contributed by atoms with E-state index in [1.54, 1.807) is 5.57 Å². The number of nitrogens with two attached hydrogens (primary N) is 1. The van der Waals surface area contributed by atoms with Gasteiger partial charge in [0.2, 0.25) is 5.91 Å². The Balaban J connectivity index is 1.14. The summed E-state index contributed by atoms with van der Waals surface area (Å²) in [6, 6.07) is 10.2. The highest BCUT2D eigenvalue weighted by Crippen LogP contribution is 2.63. The molecule has 5 fully saturated rings. The third-order valence-electron chi connectivity index (χ3n) is 12.9. The first-order valence-electron chi connectivity index (χ1n) is 16.5. The first kappa shape index (κ1) is 28.4. The SMILES string of the molecule is CC1=C2C[C@H]3[C@@H](CC[C@@H]4NC(=O)CC[C@@]43C)[C@@H]2CC[C@@]2(C1)O[C@@H]1C[C@H](C)CN(C(=O)OCc3ccccc3)[C@@]1(N)[C@H]2C. The van der Waals surface area contributed by atoms with E-state index in [1.807, 2.05) is 35.2 Å². The largest absolute Gasteiger partial charge is 0.444 e. The number of hydrogen-bond donors (Lipinski definition) is 2. The van der Waals surface area contributed by atoms with Crippen LogP contribution in [-0.4, -0.2) is 46.9 Å². The molecule has 1 aromatic carbocycles. The molecule has 3 N–H and O–H groups in total. The lowest BCUT2D eigenvalue weighted by Gasteiger charge is -2.52. The summed E-state index contributed by atoms with van der Waals surface area (Å²) in [7, 11) is 0. The maximum atomic E-state index is 13.6. The number of amides is 2. The van der Waals surface area contributed by atoms with E-state index in [-0.39, 0.29) is 47.6 Å². The molecule has 7 rings (SSSR count). The normalized spacial score (nSPS) is 44.5. The van der Waals surface area contributed by atoms with Crippen molar-refractivity contribution in [2.75, 3.05) is 6.54 Å². The van der Waals surface area contributed by atoms with E-state index in [9.17, 15) is 9.59 Å². The van der Waals surface area contributed by atoms with Crippen LogP contribution in [0.3, 0.4) is 0 Å². The lowest BCUT2D eigenvalue weighted by Crippen LogP contribution is -2.70. The molecular weight excluding hydrogens is 526 g/mol. The molecule has 3 heterocycles. The summed E-state index contributed by atoms with van der Waals surface area (Å²) < 4.78 is 13.0. The summed E-state index contributed by atoms with van der Waals surface area (Å²) in [4.78, 5) is 27.7. The van der Waals surface area contributed by atoms with E-state index in [0.29, 0.717) is 36.8 Å². The number of rotatable bonds is 2. The number of likely N-dealkylation sites (tertiary alicyclic amines) is 1. The van der Waals surface area contributed by atoms with Gasteiger partial charge in [0.15, 0.2) is 0 Å².